The molecule has 0 bridgehead atoms. The van der Waals surface area contributed by atoms with Crippen LogP contribution in [0.4, 0.5) is 0 Å². The molecule has 1 fully saturated rings. The quantitative estimate of drug-likeness (QED) is 0.886. The van der Waals surface area contributed by atoms with E-state index in [0.29, 0.717) is 12.3 Å². The fourth-order valence-electron chi connectivity index (χ4n) is 3.21. The van der Waals surface area contributed by atoms with Gasteiger partial charge < -0.3 is 10.2 Å². The highest BCUT2D eigenvalue weighted by Gasteiger charge is 2.22. The molecule has 5 heteroatoms. The van der Waals surface area contributed by atoms with Crippen LogP contribution < -0.4 is 5.32 Å². The summed E-state index contributed by atoms with van der Waals surface area (Å²) in [5, 5.41) is 7.62. The minimum atomic E-state index is 0.240. The van der Waals surface area contributed by atoms with Gasteiger partial charge >= 0.3 is 0 Å². The Bertz CT molecular complexity index is 628. The molecule has 0 unspecified atom stereocenters. The van der Waals surface area contributed by atoms with Crippen molar-refractivity contribution in [3.63, 3.8) is 0 Å². The van der Waals surface area contributed by atoms with Gasteiger partial charge in [0.25, 0.3) is 0 Å². The molecule has 3 rings (SSSR count). The Morgan fingerprint density at radius 1 is 1.25 bits per heavy atom. The third kappa shape index (κ3) is 4.23. The van der Waals surface area contributed by atoms with E-state index in [2.05, 4.69) is 17.3 Å². The topological polar surface area (TPSA) is 50.2 Å². The van der Waals surface area contributed by atoms with E-state index in [1.807, 2.05) is 46.1 Å². The number of aromatic nitrogens is 2. The molecule has 0 spiro atoms. The van der Waals surface area contributed by atoms with E-state index >= 15 is 0 Å². The molecule has 5 nitrogen and oxygen atoms in total. The zero-order chi connectivity index (χ0) is 16.8. The number of hydrogen-bond acceptors (Lipinski definition) is 3. The summed E-state index contributed by atoms with van der Waals surface area (Å²) in [6.45, 7) is 6.01. The Morgan fingerprint density at radius 2 is 2.00 bits per heavy atom. The van der Waals surface area contributed by atoms with Gasteiger partial charge in [0, 0.05) is 25.5 Å². The molecule has 24 heavy (non-hydrogen) atoms. The first-order valence-electron chi connectivity index (χ1n) is 8.83. The number of likely N-dealkylation sites (tertiary alicyclic amines) is 1. The monoisotopic (exact) mass is 326 g/mol. The number of carbonyl (C=O) groups is 1. The van der Waals surface area contributed by atoms with Gasteiger partial charge in [-0.15, -0.1) is 0 Å². The Labute approximate surface area is 143 Å². The Kier molecular flexibility index (Phi) is 5.64. The largest absolute Gasteiger partial charge is 0.342 e. The molecule has 1 N–H and O–H groups in total. The number of nitrogens with zero attached hydrogens (tertiary/aromatic N) is 3. The van der Waals surface area contributed by atoms with Crippen molar-refractivity contribution in [2.24, 2.45) is 5.92 Å². The lowest BCUT2D eigenvalue weighted by Gasteiger charge is -2.32. The van der Waals surface area contributed by atoms with E-state index in [9.17, 15) is 4.79 Å². The lowest BCUT2D eigenvalue weighted by atomic mass is 9.96. The van der Waals surface area contributed by atoms with E-state index < -0.39 is 0 Å². The predicted molar refractivity (Wildman–Crippen MR) is 95.1 cm³/mol. The summed E-state index contributed by atoms with van der Waals surface area (Å²) in [6.07, 6.45) is 6.38. The lowest BCUT2D eigenvalue weighted by Crippen LogP contribution is -2.41. The van der Waals surface area contributed by atoms with Crippen molar-refractivity contribution in [3.8, 4) is 5.69 Å². The first-order chi connectivity index (χ1) is 11.8. The summed E-state index contributed by atoms with van der Waals surface area (Å²) < 4.78 is 1.82. The normalized spacial score (nSPS) is 15.6. The van der Waals surface area contributed by atoms with Gasteiger partial charge in [0.15, 0.2) is 0 Å². The van der Waals surface area contributed by atoms with Crippen LogP contribution in [-0.2, 0) is 11.2 Å². The second-order valence-electron chi connectivity index (χ2n) is 6.43. The highest BCUT2D eigenvalue weighted by molar-refractivity contribution is 5.78. The Morgan fingerprint density at radius 3 is 2.62 bits per heavy atom. The van der Waals surface area contributed by atoms with Gasteiger partial charge in [0.1, 0.15) is 0 Å². The molecule has 0 aliphatic carbocycles. The third-order valence-corrected chi connectivity index (χ3v) is 4.71. The summed E-state index contributed by atoms with van der Waals surface area (Å²) >= 11 is 0. The average molecular weight is 326 g/mol. The fourth-order valence-corrected chi connectivity index (χ4v) is 3.21. The number of carbonyl (C=O) groups excluding carboxylic acids is 1. The smallest absolute Gasteiger partial charge is 0.226 e. The van der Waals surface area contributed by atoms with Crippen molar-refractivity contribution < 1.29 is 4.79 Å². The lowest BCUT2D eigenvalue weighted by molar-refractivity contribution is -0.131. The first kappa shape index (κ1) is 16.7. The van der Waals surface area contributed by atoms with Crippen molar-refractivity contribution in [3.05, 3.63) is 48.3 Å². The molecular formula is C19H26N4O. The molecule has 1 saturated heterocycles. The van der Waals surface area contributed by atoms with Gasteiger partial charge in [0.05, 0.1) is 12.1 Å². The van der Waals surface area contributed by atoms with Crippen molar-refractivity contribution >= 4 is 5.91 Å². The Balaban J connectivity index is 1.50. The maximum atomic E-state index is 12.5. The van der Waals surface area contributed by atoms with Gasteiger partial charge in [0.2, 0.25) is 5.91 Å². The summed E-state index contributed by atoms with van der Waals surface area (Å²) in [5.41, 5.74) is 2.08. The molecule has 0 atom stereocenters. The number of piperidine rings is 1. The van der Waals surface area contributed by atoms with E-state index in [1.165, 1.54) is 0 Å². The van der Waals surface area contributed by atoms with E-state index in [0.717, 1.165) is 50.3 Å². The molecule has 0 radical (unpaired) electrons. The maximum Gasteiger partial charge on any atom is 0.226 e. The van der Waals surface area contributed by atoms with Crippen LogP contribution >= 0.6 is 0 Å². The minimum absolute atomic E-state index is 0.240. The van der Waals surface area contributed by atoms with Gasteiger partial charge in [-0.1, -0.05) is 19.1 Å². The summed E-state index contributed by atoms with van der Waals surface area (Å²) in [4.78, 5) is 14.5. The number of nitrogens with one attached hydrogen (secondary N) is 1. The molecule has 128 valence electrons. The molecule has 1 aromatic heterocycles. The number of hydrogen-bond donors (Lipinski definition) is 1. The molecule has 1 aliphatic rings. The molecule has 2 aromatic rings. The van der Waals surface area contributed by atoms with Crippen LogP contribution in [0, 0.1) is 5.92 Å². The van der Waals surface area contributed by atoms with Crippen molar-refractivity contribution in [2.75, 3.05) is 26.2 Å². The summed E-state index contributed by atoms with van der Waals surface area (Å²) in [5.74, 6) is 0.950. The van der Waals surface area contributed by atoms with Crippen molar-refractivity contribution in [2.45, 2.75) is 26.2 Å². The highest BCUT2D eigenvalue weighted by Crippen LogP contribution is 2.18. The molecular weight excluding hydrogens is 300 g/mol. The van der Waals surface area contributed by atoms with Crippen molar-refractivity contribution in [1.29, 1.82) is 0 Å². The second-order valence-corrected chi connectivity index (χ2v) is 6.43. The first-order valence-corrected chi connectivity index (χ1v) is 8.83. The van der Waals surface area contributed by atoms with Gasteiger partial charge in [-0.25, -0.2) is 4.68 Å². The van der Waals surface area contributed by atoms with E-state index in [-0.39, 0.29) is 5.91 Å². The average Bonchev–Trinajstić information content (AvgIpc) is 3.15. The van der Waals surface area contributed by atoms with Crippen LogP contribution in [0.15, 0.2) is 42.7 Å². The SMILES string of the molecule is CCNCC1CCN(C(=O)Cc2ccc(-n3cccn3)cc2)CC1. The minimum Gasteiger partial charge on any atom is -0.342 e. The second kappa shape index (κ2) is 8.11. The summed E-state index contributed by atoms with van der Waals surface area (Å²) in [6, 6.07) is 9.97. The van der Waals surface area contributed by atoms with Gasteiger partial charge in [-0.2, -0.15) is 5.10 Å². The molecule has 1 amide bonds. The predicted octanol–water partition coefficient (Wildman–Crippen LogP) is 2.26. The van der Waals surface area contributed by atoms with Gasteiger partial charge in [-0.3, -0.25) is 4.79 Å². The Hall–Kier alpha value is -2.14. The fraction of sp³-hybridized carbons (Fsp3) is 0.474. The summed E-state index contributed by atoms with van der Waals surface area (Å²) in [7, 11) is 0. The zero-order valence-corrected chi connectivity index (χ0v) is 14.3. The van der Waals surface area contributed by atoms with Crippen LogP contribution in [-0.4, -0.2) is 46.8 Å². The van der Waals surface area contributed by atoms with Crippen LogP contribution in [0.25, 0.3) is 5.69 Å². The molecule has 1 aliphatic heterocycles. The number of amides is 1. The van der Waals surface area contributed by atoms with E-state index in [1.54, 1.807) is 6.20 Å². The van der Waals surface area contributed by atoms with Gasteiger partial charge in [-0.05, 0) is 55.6 Å². The standard InChI is InChI=1S/C19H26N4O/c1-2-20-15-17-8-12-22(13-9-17)19(24)14-16-4-6-18(7-5-16)23-11-3-10-21-23/h3-7,10-11,17,20H,2,8-9,12-15H2,1H3. The zero-order valence-electron chi connectivity index (χ0n) is 14.3. The molecule has 2 heterocycles. The number of benzene rings is 1. The van der Waals surface area contributed by atoms with Crippen molar-refractivity contribution in [1.82, 2.24) is 20.0 Å². The molecule has 0 saturated carbocycles. The highest BCUT2D eigenvalue weighted by atomic mass is 16.2. The van der Waals surface area contributed by atoms with Crippen LogP contribution in [0.5, 0.6) is 0 Å². The molecule has 1 aromatic carbocycles. The van der Waals surface area contributed by atoms with Crippen LogP contribution in [0.3, 0.4) is 0 Å². The van der Waals surface area contributed by atoms with Crippen LogP contribution in [0.2, 0.25) is 0 Å². The van der Waals surface area contributed by atoms with Crippen LogP contribution in [0.1, 0.15) is 25.3 Å². The van der Waals surface area contributed by atoms with E-state index in [4.69, 9.17) is 0 Å². The number of rotatable bonds is 6. The maximum absolute atomic E-state index is 12.5. The third-order valence-electron chi connectivity index (χ3n) is 4.71.